The third-order valence-corrected chi connectivity index (χ3v) is 5.30. The van der Waals surface area contributed by atoms with Crippen molar-refractivity contribution in [3.8, 4) is 5.75 Å². The molecule has 1 aliphatic rings. The number of nitrogens with zero attached hydrogens (tertiary/aromatic N) is 2. The van der Waals surface area contributed by atoms with Crippen LogP contribution in [-0.4, -0.2) is 48.1 Å². The molecule has 0 saturated carbocycles. The molecule has 2 aromatic carbocycles. The Morgan fingerprint density at radius 3 is 2.07 bits per heavy atom. The Morgan fingerprint density at radius 2 is 1.52 bits per heavy atom. The highest BCUT2D eigenvalue weighted by molar-refractivity contribution is 5.94. The number of benzene rings is 2. The number of hydrogen-bond acceptors (Lipinski definition) is 4. The minimum absolute atomic E-state index is 0.0328. The number of carbonyl (C=O) groups is 1. The van der Waals surface area contributed by atoms with Crippen LogP contribution in [0.3, 0.4) is 0 Å². The fourth-order valence-corrected chi connectivity index (χ4v) is 3.39. The fraction of sp³-hybridized carbons (Fsp3) is 0.409. The summed E-state index contributed by atoms with van der Waals surface area (Å²) in [4.78, 5) is 17.1. The molecule has 5 heteroatoms. The van der Waals surface area contributed by atoms with Gasteiger partial charge in [0, 0.05) is 37.6 Å². The molecular weight excluding hydrogens is 338 g/mol. The first-order valence-electron chi connectivity index (χ1n) is 9.63. The predicted molar refractivity (Wildman–Crippen MR) is 111 cm³/mol. The second-order valence-electron chi connectivity index (χ2n) is 7.48. The number of aromatic hydroxyl groups is 1. The smallest absolute Gasteiger partial charge is 0.241 e. The number of carbonyl (C=O) groups excluding carboxylic acids is 1. The maximum absolute atomic E-state index is 12.6. The summed E-state index contributed by atoms with van der Waals surface area (Å²) in [5.74, 6) is 0.799. The lowest BCUT2D eigenvalue weighted by Gasteiger charge is -2.38. The van der Waals surface area contributed by atoms with Crippen LogP contribution in [0.4, 0.5) is 11.4 Å². The number of phenolic OH excluding ortho intramolecular Hbond substituents is 1. The predicted octanol–water partition coefficient (Wildman–Crippen LogP) is 3.66. The van der Waals surface area contributed by atoms with Crippen molar-refractivity contribution in [2.24, 2.45) is 0 Å². The van der Waals surface area contributed by atoms with E-state index < -0.39 is 0 Å². The number of hydrogen-bond donors (Lipinski definition) is 2. The second-order valence-corrected chi connectivity index (χ2v) is 7.48. The van der Waals surface area contributed by atoms with Crippen LogP contribution >= 0.6 is 0 Å². The summed E-state index contributed by atoms with van der Waals surface area (Å²) in [6.07, 6.45) is 0. The van der Waals surface area contributed by atoms with E-state index in [4.69, 9.17) is 0 Å². The van der Waals surface area contributed by atoms with Crippen LogP contribution in [0.1, 0.15) is 32.3 Å². The van der Waals surface area contributed by atoms with Crippen LogP contribution in [-0.2, 0) is 4.79 Å². The molecule has 0 aliphatic carbocycles. The number of rotatable bonds is 5. The van der Waals surface area contributed by atoms with E-state index in [9.17, 15) is 9.90 Å². The molecule has 1 amide bonds. The van der Waals surface area contributed by atoms with E-state index >= 15 is 0 Å². The zero-order chi connectivity index (χ0) is 19.4. The monoisotopic (exact) mass is 367 g/mol. The normalized spacial score (nSPS) is 16.4. The number of nitrogens with one attached hydrogen (secondary N) is 1. The Kier molecular flexibility index (Phi) is 6.01. The molecule has 2 aromatic rings. The molecule has 1 unspecified atom stereocenters. The third-order valence-electron chi connectivity index (χ3n) is 5.30. The molecule has 0 spiro atoms. The Morgan fingerprint density at radius 1 is 0.926 bits per heavy atom. The summed E-state index contributed by atoms with van der Waals surface area (Å²) < 4.78 is 0. The lowest BCUT2D eigenvalue weighted by atomic mass is 10.0. The van der Waals surface area contributed by atoms with Gasteiger partial charge in [-0.3, -0.25) is 9.69 Å². The van der Waals surface area contributed by atoms with E-state index in [1.54, 1.807) is 12.1 Å². The highest BCUT2D eigenvalue weighted by Crippen LogP contribution is 2.21. The summed E-state index contributed by atoms with van der Waals surface area (Å²) in [7, 11) is 0. The van der Waals surface area contributed by atoms with E-state index in [1.807, 2.05) is 31.2 Å². The van der Waals surface area contributed by atoms with Gasteiger partial charge < -0.3 is 15.3 Å². The largest absolute Gasteiger partial charge is 0.508 e. The van der Waals surface area contributed by atoms with Crippen LogP contribution in [0, 0.1) is 0 Å². The average Bonchev–Trinajstić information content (AvgIpc) is 2.68. The number of piperazine rings is 1. The van der Waals surface area contributed by atoms with Gasteiger partial charge in [0.15, 0.2) is 0 Å². The fourth-order valence-electron chi connectivity index (χ4n) is 3.39. The lowest BCUT2D eigenvalue weighted by molar-refractivity contribution is -0.120. The number of amides is 1. The van der Waals surface area contributed by atoms with Crippen molar-refractivity contribution in [3.63, 3.8) is 0 Å². The van der Waals surface area contributed by atoms with E-state index in [1.165, 1.54) is 5.56 Å². The maximum Gasteiger partial charge on any atom is 0.241 e. The SMILES string of the molecule is CC(C)c1ccc(NC(=O)C(C)N2CCN(c3ccc(O)cc3)CC2)cc1. The quantitative estimate of drug-likeness (QED) is 0.847. The van der Waals surface area contributed by atoms with Crippen LogP contribution in [0.25, 0.3) is 0 Å². The Hall–Kier alpha value is -2.53. The van der Waals surface area contributed by atoms with E-state index in [2.05, 4.69) is 41.1 Å². The molecular formula is C22H29N3O2. The molecule has 3 rings (SSSR count). The minimum atomic E-state index is -0.170. The minimum Gasteiger partial charge on any atom is -0.508 e. The van der Waals surface area contributed by atoms with Crippen molar-refractivity contribution in [2.45, 2.75) is 32.7 Å². The first-order valence-corrected chi connectivity index (χ1v) is 9.63. The zero-order valence-electron chi connectivity index (χ0n) is 16.4. The van der Waals surface area contributed by atoms with Crippen LogP contribution < -0.4 is 10.2 Å². The van der Waals surface area contributed by atoms with Gasteiger partial charge >= 0.3 is 0 Å². The molecule has 1 fully saturated rings. The van der Waals surface area contributed by atoms with Gasteiger partial charge in [0.1, 0.15) is 5.75 Å². The number of phenols is 1. The van der Waals surface area contributed by atoms with Gasteiger partial charge in [0.25, 0.3) is 0 Å². The first-order chi connectivity index (χ1) is 12.9. The van der Waals surface area contributed by atoms with Gasteiger partial charge in [0.05, 0.1) is 6.04 Å². The van der Waals surface area contributed by atoms with Crippen molar-refractivity contribution in [1.29, 1.82) is 0 Å². The van der Waals surface area contributed by atoms with Crippen LogP contribution in [0.2, 0.25) is 0 Å². The molecule has 0 radical (unpaired) electrons. The summed E-state index contributed by atoms with van der Waals surface area (Å²) in [5, 5.41) is 12.5. The van der Waals surface area contributed by atoms with E-state index in [-0.39, 0.29) is 17.7 Å². The molecule has 1 heterocycles. The lowest BCUT2D eigenvalue weighted by Crippen LogP contribution is -2.52. The van der Waals surface area contributed by atoms with Crippen molar-refractivity contribution in [3.05, 3.63) is 54.1 Å². The summed E-state index contributed by atoms with van der Waals surface area (Å²) >= 11 is 0. The van der Waals surface area contributed by atoms with E-state index in [0.29, 0.717) is 5.92 Å². The summed E-state index contributed by atoms with van der Waals surface area (Å²) in [6.45, 7) is 9.69. The molecule has 1 aliphatic heterocycles. The summed E-state index contributed by atoms with van der Waals surface area (Å²) in [5.41, 5.74) is 3.22. The van der Waals surface area contributed by atoms with Crippen molar-refractivity contribution in [2.75, 3.05) is 36.4 Å². The first kappa shape index (κ1) is 19.2. The zero-order valence-corrected chi connectivity index (χ0v) is 16.4. The van der Waals surface area contributed by atoms with Gasteiger partial charge in [-0.1, -0.05) is 26.0 Å². The highest BCUT2D eigenvalue weighted by atomic mass is 16.3. The van der Waals surface area contributed by atoms with Gasteiger partial charge in [-0.05, 0) is 54.8 Å². The average molecular weight is 367 g/mol. The molecule has 5 nitrogen and oxygen atoms in total. The standard InChI is InChI=1S/C22H29N3O2/c1-16(2)18-4-6-19(7-5-18)23-22(27)17(3)24-12-14-25(15-13-24)20-8-10-21(26)11-9-20/h4-11,16-17,26H,12-15H2,1-3H3,(H,23,27). The van der Waals surface area contributed by atoms with Gasteiger partial charge in [0.2, 0.25) is 5.91 Å². The van der Waals surface area contributed by atoms with Crippen molar-refractivity contribution < 1.29 is 9.90 Å². The van der Waals surface area contributed by atoms with Crippen molar-refractivity contribution in [1.82, 2.24) is 4.90 Å². The molecule has 2 N–H and O–H groups in total. The number of anilines is 2. The summed E-state index contributed by atoms with van der Waals surface area (Å²) in [6, 6.07) is 15.2. The van der Waals surface area contributed by atoms with Crippen LogP contribution in [0.5, 0.6) is 5.75 Å². The Balaban J connectivity index is 1.53. The molecule has 144 valence electrons. The molecule has 1 atom stereocenters. The van der Waals surface area contributed by atoms with Crippen molar-refractivity contribution >= 4 is 17.3 Å². The van der Waals surface area contributed by atoms with Gasteiger partial charge in [-0.25, -0.2) is 0 Å². The van der Waals surface area contributed by atoms with Gasteiger partial charge in [-0.2, -0.15) is 0 Å². The van der Waals surface area contributed by atoms with Crippen LogP contribution in [0.15, 0.2) is 48.5 Å². The van der Waals surface area contributed by atoms with Gasteiger partial charge in [-0.15, -0.1) is 0 Å². The Bertz CT molecular complexity index is 748. The third kappa shape index (κ3) is 4.80. The topological polar surface area (TPSA) is 55.8 Å². The highest BCUT2D eigenvalue weighted by Gasteiger charge is 2.25. The maximum atomic E-state index is 12.6. The molecule has 0 aromatic heterocycles. The van der Waals surface area contributed by atoms with E-state index in [0.717, 1.165) is 37.6 Å². The second kappa shape index (κ2) is 8.44. The molecule has 27 heavy (non-hydrogen) atoms. The molecule has 0 bridgehead atoms. The Labute approximate surface area is 161 Å². The molecule has 1 saturated heterocycles.